The molecule has 0 saturated heterocycles. The summed E-state index contributed by atoms with van der Waals surface area (Å²) >= 11 is 1.65. The molecule has 0 bridgehead atoms. The monoisotopic (exact) mass is 303 g/mol. The van der Waals surface area contributed by atoms with Crippen molar-refractivity contribution in [2.45, 2.75) is 4.90 Å². The average molecular weight is 303 g/mol. The van der Waals surface area contributed by atoms with Gasteiger partial charge in [-0.05, 0) is 42.7 Å². The normalized spacial score (nSPS) is 9.95. The van der Waals surface area contributed by atoms with Gasteiger partial charge < -0.3 is 9.47 Å². The van der Waals surface area contributed by atoms with Crippen LogP contribution in [0.2, 0.25) is 0 Å². The number of benzene rings is 2. The van der Waals surface area contributed by atoms with Crippen LogP contribution < -0.4 is 10.1 Å². The highest BCUT2D eigenvalue weighted by Gasteiger charge is 2.03. The average Bonchev–Trinajstić information content (AvgIpc) is 2.53. The van der Waals surface area contributed by atoms with Gasteiger partial charge in [-0.1, -0.05) is 18.2 Å². The fraction of sp³-hybridized carbons (Fsp3) is 0.188. The number of amides is 1. The zero-order chi connectivity index (χ0) is 14.9. The third-order valence-electron chi connectivity index (χ3n) is 2.66. The van der Waals surface area contributed by atoms with E-state index in [4.69, 9.17) is 9.47 Å². The second-order valence-electron chi connectivity index (χ2n) is 4.15. The quantitative estimate of drug-likeness (QED) is 0.646. The van der Waals surface area contributed by atoms with Crippen molar-refractivity contribution >= 4 is 23.5 Å². The zero-order valence-corrected chi connectivity index (χ0v) is 12.6. The van der Waals surface area contributed by atoms with Crippen LogP contribution in [0.3, 0.4) is 0 Å². The van der Waals surface area contributed by atoms with Crippen LogP contribution in [0.5, 0.6) is 5.75 Å². The Morgan fingerprint density at radius 1 is 1.05 bits per heavy atom. The largest absolute Gasteiger partial charge is 0.490 e. The van der Waals surface area contributed by atoms with Crippen LogP contribution in [0.4, 0.5) is 10.5 Å². The molecule has 2 aromatic rings. The Kier molecular flexibility index (Phi) is 5.97. The van der Waals surface area contributed by atoms with E-state index in [0.29, 0.717) is 12.3 Å². The summed E-state index contributed by atoms with van der Waals surface area (Å²) in [4.78, 5) is 12.7. The summed E-state index contributed by atoms with van der Waals surface area (Å²) in [6.07, 6.45) is 1.52. The second kappa shape index (κ2) is 8.21. The van der Waals surface area contributed by atoms with Crippen molar-refractivity contribution < 1.29 is 14.3 Å². The van der Waals surface area contributed by atoms with Crippen molar-refractivity contribution in [1.29, 1.82) is 0 Å². The van der Waals surface area contributed by atoms with Gasteiger partial charge >= 0.3 is 6.09 Å². The highest BCUT2D eigenvalue weighted by molar-refractivity contribution is 7.98. The minimum atomic E-state index is -0.483. The first-order valence-electron chi connectivity index (χ1n) is 6.53. The Bertz CT molecular complexity index is 557. The van der Waals surface area contributed by atoms with Crippen molar-refractivity contribution in [2.75, 3.05) is 24.8 Å². The molecule has 110 valence electrons. The maximum absolute atomic E-state index is 11.6. The molecule has 0 aliphatic carbocycles. The van der Waals surface area contributed by atoms with E-state index in [2.05, 4.69) is 5.32 Å². The van der Waals surface area contributed by atoms with E-state index < -0.39 is 6.09 Å². The molecule has 0 aliphatic rings. The number of hydrogen-bond acceptors (Lipinski definition) is 4. The smallest absolute Gasteiger partial charge is 0.411 e. The molecule has 0 saturated carbocycles. The van der Waals surface area contributed by atoms with Crippen LogP contribution in [-0.4, -0.2) is 25.6 Å². The van der Waals surface area contributed by atoms with Crippen LogP contribution in [0, 0.1) is 0 Å². The van der Waals surface area contributed by atoms with Crippen molar-refractivity contribution in [3.05, 3.63) is 54.6 Å². The molecule has 0 radical (unpaired) electrons. The van der Waals surface area contributed by atoms with E-state index in [9.17, 15) is 4.79 Å². The Labute approximate surface area is 128 Å². The lowest BCUT2D eigenvalue weighted by molar-refractivity contribution is 0.138. The van der Waals surface area contributed by atoms with E-state index in [1.54, 1.807) is 11.8 Å². The van der Waals surface area contributed by atoms with Gasteiger partial charge in [0.1, 0.15) is 19.0 Å². The molecule has 0 spiro atoms. The molecular formula is C16H17NO3S. The summed E-state index contributed by atoms with van der Waals surface area (Å²) in [7, 11) is 0. The molecule has 0 aliphatic heterocycles. The highest BCUT2D eigenvalue weighted by Crippen LogP contribution is 2.17. The number of thioether (sulfide) groups is 1. The summed E-state index contributed by atoms with van der Waals surface area (Å²) in [6.45, 7) is 0.520. The van der Waals surface area contributed by atoms with Gasteiger partial charge in [0.15, 0.2) is 0 Å². The SMILES string of the molecule is CSc1ccc(NC(=O)OCCOc2ccccc2)cc1. The number of ether oxygens (including phenoxy) is 2. The van der Waals surface area contributed by atoms with Crippen LogP contribution >= 0.6 is 11.8 Å². The first kappa shape index (κ1) is 15.3. The minimum Gasteiger partial charge on any atom is -0.490 e. The molecule has 0 aromatic heterocycles. The van der Waals surface area contributed by atoms with Crippen molar-refractivity contribution in [1.82, 2.24) is 0 Å². The highest BCUT2D eigenvalue weighted by atomic mass is 32.2. The molecule has 1 N–H and O–H groups in total. The molecule has 0 atom stereocenters. The maximum atomic E-state index is 11.6. The predicted molar refractivity (Wildman–Crippen MR) is 85.1 cm³/mol. The topological polar surface area (TPSA) is 47.6 Å². The first-order valence-corrected chi connectivity index (χ1v) is 7.76. The molecule has 5 heteroatoms. The van der Waals surface area contributed by atoms with E-state index in [-0.39, 0.29) is 6.61 Å². The van der Waals surface area contributed by atoms with Gasteiger partial charge in [-0.3, -0.25) is 5.32 Å². The summed E-state index contributed by atoms with van der Waals surface area (Å²) in [5.41, 5.74) is 0.710. The zero-order valence-electron chi connectivity index (χ0n) is 11.7. The van der Waals surface area contributed by atoms with Crippen LogP contribution in [0.1, 0.15) is 0 Å². The van der Waals surface area contributed by atoms with E-state index in [0.717, 1.165) is 10.6 Å². The molecule has 2 rings (SSSR count). The predicted octanol–water partition coefficient (Wildman–Crippen LogP) is 4.04. The Hall–Kier alpha value is -2.14. The van der Waals surface area contributed by atoms with Gasteiger partial charge in [-0.25, -0.2) is 4.79 Å². The second-order valence-corrected chi connectivity index (χ2v) is 5.03. The van der Waals surface area contributed by atoms with Crippen LogP contribution in [0.25, 0.3) is 0 Å². The summed E-state index contributed by atoms with van der Waals surface area (Å²) in [5, 5.41) is 2.67. The lowest BCUT2D eigenvalue weighted by Gasteiger charge is -2.08. The lowest BCUT2D eigenvalue weighted by Crippen LogP contribution is -2.17. The van der Waals surface area contributed by atoms with Gasteiger partial charge in [0.25, 0.3) is 0 Å². The summed E-state index contributed by atoms with van der Waals surface area (Å²) < 4.78 is 10.5. The fourth-order valence-electron chi connectivity index (χ4n) is 1.64. The first-order chi connectivity index (χ1) is 10.3. The van der Waals surface area contributed by atoms with Crippen molar-refractivity contribution in [3.63, 3.8) is 0 Å². The molecule has 21 heavy (non-hydrogen) atoms. The number of rotatable bonds is 6. The van der Waals surface area contributed by atoms with Crippen LogP contribution in [0.15, 0.2) is 59.5 Å². The molecule has 0 unspecified atom stereocenters. The Morgan fingerprint density at radius 3 is 2.43 bits per heavy atom. The molecule has 0 heterocycles. The molecule has 2 aromatic carbocycles. The number of anilines is 1. The number of nitrogens with one attached hydrogen (secondary N) is 1. The number of carbonyl (C=O) groups excluding carboxylic acids is 1. The van der Waals surface area contributed by atoms with Gasteiger partial charge in [0.05, 0.1) is 0 Å². The Morgan fingerprint density at radius 2 is 1.76 bits per heavy atom. The molecule has 4 nitrogen and oxygen atoms in total. The molecule has 0 fully saturated rings. The number of hydrogen-bond donors (Lipinski definition) is 1. The van der Waals surface area contributed by atoms with Gasteiger partial charge in [0, 0.05) is 10.6 Å². The summed E-state index contributed by atoms with van der Waals surface area (Å²) in [5.74, 6) is 0.758. The van der Waals surface area contributed by atoms with E-state index in [1.165, 1.54) is 0 Å². The maximum Gasteiger partial charge on any atom is 0.411 e. The van der Waals surface area contributed by atoms with E-state index >= 15 is 0 Å². The van der Waals surface area contributed by atoms with Gasteiger partial charge in [-0.2, -0.15) is 0 Å². The van der Waals surface area contributed by atoms with Crippen molar-refractivity contribution in [2.24, 2.45) is 0 Å². The number of para-hydroxylation sites is 1. The minimum absolute atomic E-state index is 0.198. The standard InChI is InChI=1S/C16H17NO3S/c1-21-15-9-7-13(8-10-15)17-16(18)20-12-11-19-14-5-3-2-4-6-14/h2-10H,11-12H2,1H3,(H,17,18). The Balaban J connectivity index is 1.67. The fourth-order valence-corrected chi connectivity index (χ4v) is 2.05. The van der Waals surface area contributed by atoms with Gasteiger partial charge in [0.2, 0.25) is 0 Å². The third kappa shape index (κ3) is 5.39. The molecular weight excluding hydrogens is 286 g/mol. The van der Waals surface area contributed by atoms with Gasteiger partial charge in [-0.15, -0.1) is 11.8 Å². The molecule has 1 amide bonds. The number of carbonyl (C=O) groups is 1. The third-order valence-corrected chi connectivity index (χ3v) is 3.41. The van der Waals surface area contributed by atoms with E-state index in [1.807, 2.05) is 60.9 Å². The lowest BCUT2D eigenvalue weighted by atomic mass is 10.3. The van der Waals surface area contributed by atoms with Crippen molar-refractivity contribution in [3.8, 4) is 5.75 Å². The summed E-state index contributed by atoms with van der Waals surface area (Å²) in [6, 6.07) is 17.0. The van der Waals surface area contributed by atoms with Crippen LogP contribution in [-0.2, 0) is 4.74 Å².